The molecule has 17 heavy (non-hydrogen) atoms. The van der Waals surface area contributed by atoms with Crippen molar-refractivity contribution in [2.45, 2.75) is 18.3 Å². The molecule has 6 heteroatoms. The first-order valence-electron chi connectivity index (χ1n) is 5.07. The maximum absolute atomic E-state index is 13.6. The monoisotopic (exact) mass is 231 g/mol. The Morgan fingerprint density at radius 2 is 2.12 bits per heavy atom. The zero-order chi connectivity index (χ0) is 11.6. The number of nitrogens with zero attached hydrogens (tertiary/aromatic N) is 1. The predicted molar refractivity (Wildman–Crippen MR) is 50.9 cm³/mol. The summed E-state index contributed by atoms with van der Waals surface area (Å²) in [5.41, 5.74) is -1.39. The van der Waals surface area contributed by atoms with Gasteiger partial charge in [0.2, 0.25) is 0 Å². The molecule has 0 radical (unpaired) electrons. The number of rotatable bonds is 2. The molecule has 0 N–H and O–H groups in total. The summed E-state index contributed by atoms with van der Waals surface area (Å²) in [6.45, 7) is 0.563. The molecule has 1 aromatic heterocycles. The van der Waals surface area contributed by atoms with E-state index in [1.54, 1.807) is 0 Å². The molecule has 0 aromatic carbocycles. The topological polar surface area (TPSA) is 62.2 Å². The van der Waals surface area contributed by atoms with Gasteiger partial charge in [0, 0.05) is 19.4 Å². The first kappa shape index (κ1) is 14.2. The molecule has 4 nitrogen and oxygen atoms in total. The van der Waals surface area contributed by atoms with E-state index in [1.807, 2.05) is 0 Å². The third kappa shape index (κ3) is 2.52. The van der Waals surface area contributed by atoms with Gasteiger partial charge in [-0.2, -0.15) is 0 Å². The van der Waals surface area contributed by atoms with Crippen molar-refractivity contribution in [2.24, 2.45) is 0 Å². The molecule has 2 heterocycles. The van der Waals surface area contributed by atoms with Crippen molar-refractivity contribution in [3.05, 3.63) is 29.8 Å². The van der Waals surface area contributed by atoms with Gasteiger partial charge in [-0.15, -0.1) is 0 Å². The van der Waals surface area contributed by atoms with Crippen LogP contribution in [-0.4, -0.2) is 24.2 Å². The van der Waals surface area contributed by atoms with Gasteiger partial charge in [-0.3, -0.25) is 4.98 Å². The smallest absolute Gasteiger partial charge is 0.549 e. The van der Waals surface area contributed by atoms with Crippen molar-refractivity contribution in [1.29, 1.82) is 0 Å². The van der Waals surface area contributed by atoms with Crippen LogP contribution in [0.5, 0.6) is 0 Å². The number of pyridine rings is 1. The minimum absolute atomic E-state index is 0. The summed E-state index contributed by atoms with van der Waals surface area (Å²) in [6, 6.07) is 2.64. The second kappa shape index (κ2) is 5.63. The van der Waals surface area contributed by atoms with Gasteiger partial charge in [-0.1, -0.05) is 0 Å². The molecule has 1 aromatic rings. The van der Waals surface area contributed by atoms with E-state index in [1.165, 1.54) is 18.3 Å². The number of carboxylic acid groups (broad SMARTS) is 1. The summed E-state index contributed by atoms with van der Waals surface area (Å²) in [7, 11) is 0. The molecule has 0 aliphatic carbocycles. The summed E-state index contributed by atoms with van der Waals surface area (Å²) in [5, 5.41) is 11.3. The Balaban J connectivity index is 0.00000144. The number of aromatic nitrogens is 1. The van der Waals surface area contributed by atoms with Crippen molar-refractivity contribution in [1.82, 2.24) is 4.98 Å². The number of carboxylic acids is 1. The van der Waals surface area contributed by atoms with Gasteiger partial charge in [0.15, 0.2) is 0 Å². The van der Waals surface area contributed by atoms with Gasteiger partial charge < -0.3 is 14.6 Å². The van der Waals surface area contributed by atoms with E-state index in [9.17, 15) is 14.3 Å². The molecule has 0 bridgehead atoms. The number of ether oxygens (including phenoxy) is 1. The first-order valence-corrected chi connectivity index (χ1v) is 5.07. The van der Waals surface area contributed by atoms with Crippen LogP contribution in [0.3, 0.4) is 0 Å². The third-order valence-electron chi connectivity index (χ3n) is 2.95. The largest absolute Gasteiger partial charge is 1.00 e. The van der Waals surface area contributed by atoms with Gasteiger partial charge in [-0.05, 0) is 25.0 Å². The molecule has 0 amide bonds. The van der Waals surface area contributed by atoms with Crippen molar-refractivity contribution in [2.75, 3.05) is 13.2 Å². The average molecular weight is 231 g/mol. The van der Waals surface area contributed by atoms with E-state index < -0.39 is 17.2 Å². The van der Waals surface area contributed by atoms with Gasteiger partial charge in [-0.25, -0.2) is 4.39 Å². The molecule has 0 saturated carbocycles. The van der Waals surface area contributed by atoms with Crippen LogP contribution in [0.1, 0.15) is 18.5 Å². The van der Waals surface area contributed by atoms with Gasteiger partial charge in [0.25, 0.3) is 0 Å². The third-order valence-corrected chi connectivity index (χ3v) is 2.95. The SMILES string of the molecule is O=C([O-])C1(c2ncccc2F)CCOCC1.[Li+]. The van der Waals surface area contributed by atoms with Crippen LogP contribution in [0.2, 0.25) is 0 Å². The summed E-state index contributed by atoms with van der Waals surface area (Å²) in [4.78, 5) is 15.1. The predicted octanol–water partition coefficient (Wildman–Crippen LogP) is -2.98. The molecule has 1 aliphatic heterocycles. The summed E-state index contributed by atoms with van der Waals surface area (Å²) < 4.78 is 18.7. The van der Waals surface area contributed by atoms with Crippen LogP contribution in [0.25, 0.3) is 0 Å². The molecule has 2 rings (SSSR count). The Morgan fingerprint density at radius 3 is 2.65 bits per heavy atom. The number of hydrogen-bond donors (Lipinski definition) is 0. The Bertz CT molecular complexity index is 407. The maximum Gasteiger partial charge on any atom is 1.00 e. The fourth-order valence-corrected chi connectivity index (χ4v) is 2.00. The Morgan fingerprint density at radius 1 is 1.47 bits per heavy atom. The minimum Gasteiger partial charge on any atom is -0.549 e. The number of hydrogen-bond acceptors (Lipinski definition) is 4. The second-order valence-corrected chi connectivity index (χ2v) is 3.82. The summed E-state index contributed by atoms with van der Waals surface area (Å²) in [5.74, 6) is -1.89. The zero-order valence-corrected chi connectivity index (χ0v) is 9.61. The molecule has 86 valence electrons. The van der Waals surface area contributed by atoms with E-state index in [-0.39, 0.29) is 50.6 Å². The van der Waals surface area contributed by atoms with Crippen LogP contribution in [0.15, 0.2) is 18.3 Å². The fraction of sp³-hybridized carbons (Fsp3) is 0.455. The van der Waals surface area contributed by atoms with Gasteiger partial charge in [0.05, 0.1) is 17.1 Å². The minimum atomic E-state index is -1.34. The molecular formula is C11H11FLiNO3. The molecule has 1 aliphatic rings. The molecule has 0 atom stereocenters. The molecule has 1 saturated heterocycles. The van der Waals surface area contributed by atoms with Crippen molar-refractivity contribution in [3.63, 3.8) is 0 Å². The van der Waals surface area contributed by atoms with Crippen molar-refractivity contribution in [3.8, 4) is 0 Å². The normalized spacial score (nSPS) is 18.2. The quantitative estimate of drug-likeness (QED) is 0.510. The van der Waals surface area contributed by atoms with E-state index in [2.05, 4.69) is 4.98 Å². The van der Waals surface area contributed by atoms with E-state index in [0.717, 1.165) is 0 Å². The van der Waals surface area contributed by atoms with Crippen LogP contribution in [0, 0.1) is 5.82 Å². The molecular weight excluding hydrogens is 220 g/mol. The molecule has 0 unspecified atom stereocenters. The number of carbonyl (C=O) groups is 1. The van der Waals surface area contributed by atoms with E-state index in [4.69, 9.17) is 4.74 Å². The van der Waals surface area contributed by atoms with Crippen LogP contribution in [0.4, 0.5) is 4.39 Å². The van der Waals surface area contributed by atoms with E-state index >= 15 is 0 Å². The number of aliphatic carboxylic acids is 1. The zero-order valence-electron chi connectivity index (χ0n) is 9.61. The number of carbonyl (C=O) groups excluding carboxylic acids is 1. The fourth-order valence-electron chi connectivity index (χ4n) is 2.00. The van der Waals surface area contributed by atoms with Crippen molar-refractivity contribution >= 4 is 5.97 Å². The Labute approximate surface area is 110 Å². The summed E-state index contributed by atoms with van der Waals surface area (Å²) in [6.07, 6.45) is 1.78. The Hall–Kier alpha value is -0.893. The summed E-state index contributed by atoms with van der Waals surface area (Å²) >= 11 is 0. The molecule has 1 fully saturated rings. The van der Waals surface area contributed by atoms with Crippen LogP contribution in [-0.2, 0) is 14.9 Å². The van der Waals surface area contributed by atoms with Gasteiger partial charge >= 0.3 is 18.9 Å². The maximum atomic E-state index is 13.6. The van der Waals surface area contributed by atoms with E-state index in [0.29, 0.717) is 0 Å². The van der Waals surface area contributed by atoms with Crippen LogP contribution < -0.4 is 24.0 Å². The van der Waals surface area contributed by atoms with Crippen molar-refractivity contribution < 1.29 is 37.9 Å². The standard InChI is InChI=1S/C11H12FNO3.Li/c12-8-2-1-5-13-9(8)11(10(14)15)3-6-16-7-4-11;/h1-2,5H,3-4,6-7H2,(H,14,15);/q;+1/p-1. The van der Waals surface area contributed by atoms with Crippen LogP contribution >= 0.6 is 0 Å². The average Bonchev–Trinajstić information content (AvgIpc) is 2.30. The number of halogens is 1. The first-order chi connectivity index (χ1) is 7.67. The Kier molecular flexibility index (Phi) is 4.69. The molecule has 0 spiro atoms. The second-order valence-electron chi connectivity index (χ2n) is 3.82. The van der Waals surface area contributed by atoms with Gasteiger partial charge in [0.1, 0.15) is 5.82 Å².